The van der Waals surface area contributed by atoms with E-state index in [4.69, 9.17) is 4.98 Å². The number of nitrogens with one attached hydrogen (secondary N) is 3. The summed E-state index contributed by atoms with van der Waals surface area (Å²) >= 11 is 0. The molecule has 0 saturated heterocycles. The number of fused-ring (bicyclic) bond motifs is 2. The third-order valence-electron chi connectivity index (χ3n) is 7.92. The van der Waals surface area contributed by atoms with Crippen LogP contribution >= 0.6 is 0 Å². The lowest BCUT2D eigenvalue weighted by Gasteiger charge is -2.23. The van der Waals surface area contributed by atoms with E-state index in [9.17, 15) is 0 Å². The molecule has 0 spiro atoms. The fraction of sp³-hybridized carbons (Fsp3) is 0.0263. The van der Waals surface area contributed by atoms with Gasteiger partial charge < -0.3 is 16.0 Å². The number of para-hydroxylation sites is 6. The van der Waals surface area contributed by atoms with Crippen molar-refractivity contribution in [1.82, 2.24) is 10.3 Å². The molecule has 0 saturated carbocycles. The highest BCUT2D eigenvalue weighted by atomic mass is 15.3. The van der Waals surface area contributed by atoms with Gasteiger partial charge >= 0.3 is 0 Å². The highest BCUT2D eigenvalue weighted by Gasteiger charge is 2.27. The minimum absolute atomic E-state index is 0.0712. The molecular weight excluding hydrogens is 540 g/mol. The van der Waals surface area contributed by atoms with Crippen LogP contribution in [0.4, 0.5) is 34.1 Å². The number of hydrogen-bond donors (Lipinski definition) is 3. The molecule has 3 N–H and O–H groups in total. The summed E-state index contributed by atoms with van der Waals surface area (Å²) in [6.07, 6.45) is 10.6. The zero-order valence-electron chi connectivity index (χ0n) is 23.9. The molecule has 4 heterocycles. The number of aromatic nitrogens is 1. The molecule has 6 heteroatoms. The summed E-state index contributed by atoms with van der Waals surface area (Å²) in [6, 6.07) is 43.7. The lowest BCUT2D eigenvalue weighted by Crippen LogP contribution is -2.23. The van der Waals surface area contributed by atoms with Crippen molar-refractivity contribution < 1.29 is 0 Å². The predicted molar refractivity (Wildman–Crippen MR) is 181 cm³/mol. The Morgan fingerprint density at radius 2 is 1.14 bits per heavy atom. The molecule has 0 fully saturated rings. The molecule has 44 heavy (non-hydrogen) atoms. The average molecular weight is 571 g/mol. The SMILES string of the molecule is C1=CC(c2cccc(/C=C3\Nc4ccccc4N3c3ccccc3)n2)NC(/C=C2\Nc3ccccc3N2c2ccccc2)=C1. The highest BCUT2D eigenvalue weighted by molar-refractivity contribution is 5.90. The van der Waals surface area contributed by atoms with Crippen LogP contribution < -0.4 is 25.8 Å². The Labute approximate surface area is 257 Å². The van der Waals surface area contributed by atoms with Gasteiger partial charge in [0, 0.05) is 29.2 Å². The second-order valence-electron chi connectivity index (χ2n) is 10.8. The van der Waals surface area contributed by atoms with Gasteiger partial charge in [0.2, 0.25) is 0 Å². The first-order chi connectivity index (χ1) is 21.8. The largest absolute Gasteiger partial charge is 0.373 e. The minimum Gasteiger partial charge on any atom is -0.373 e. The summed E-state index contributed by atoms with van der Waals surface area (Å²) in [6.45, 7) is 0. The molecule has 6 nitrogen and oxygen atoms in total. The maximum absolute atomic E-state index is 5.08. The number of rotatable bonds is 5. The van der Waals surface area contributed by atoms with E-state index >= 15 is 0 Å². The van der Waals surface area contributed by atoms with E-state index in [0.29, 0.717) is 0 Å². The monoisotopic (exact) mass is 570 g/mol. The first kappa shape index (κ1) is 25.7. The van der Waals surface area contributed by atoms with Crippen molar-refractivity contribution in [3.8, 4) is 0 Å². The third-order valence-corrected chi connectivity index (χ3v) is 7.92. The van der Waals surface area contributed by atoms with Gasteiger partial charge in [-0.15, -0.1) is 0 Å². The second kappa shape index (κ2) is 11.0. The van der Waals surface area contributed by atoms with Crippen LogP contribution in [0.3, 0.4) is 0 Å². The van der Waals surface area contributed by atoms with Crippen LogP contribution in [0.25, 0.3) is 6.08 Å². The van der Waals surface area contributed by atoms with E-state index in [-0.39, 0.29) is 6.04 Å². The van der Waals surface area contributed by atoms with Crippen LogP contribution in [0.5, 0.6) is 0 Å². The zero-order valence-corrected chi connectivity index (χ0v) is 23.9. The van der Waals surface area contributed by atoms with Crippen molar-refractivity contribution in [2.24, 2.45) is 0 Å². The third kappa shape index (κ3) is 4.78. The summed E-state index contributed by atoms with van der Waals surface area (Å²) in [4.78, 5) is 9.57. The summed E-state index contributed by atoms with van der Waals surface area (Å²) < 4.78 is 0. The molecule has 212 valence electrons. The molecule has 5 aromatic rings. The van der Waals surface area contributed by atoms with Gasteiger partial charge in [-0.05, 0) is 66.7 Å². The Bertz CT molecular complexity index is 1960. The van der Waals surface area contributed by atoms with Gasteiger partial charge in [-0.1, -0.05) is 78.9 Å². The van der Waals surface area contributed by atoms with E-state index in [1.165, 1.54) is 0 Å². The van der Waals surface area contributed by atoms with Gasteiger partial charge in [0.15, 0.2) is 0 Å². The molecule has 3 aliphatic rings. The lowest BCUT2D eigenvalue weighted by atomic mass is 10.1. The van der Waals surface area contributed by atoms with Gasteiger partial charge in [-0.3, -0.25) is 14.8 Å². The van der Waals surface area contributed by atoms with E-state index < -0.39 is 0 Å². The van der Waals surface area contributed by atoms with Gasteiger partial charge in [0.1, 0.15) is 11.6 Å². The van der Waals surface area contributed by atoms with Gasteiger partial charge in [-0.2, -0.15) is 0 Å². The first-order valence-electron chi connectivity index (χ1n) is 14.8. The number of anilines is 6. The molecule has 0 radical (unpaired) electrons. The number of pyridine rings is 1. The standard InChI is InChI=1S/C38H30N6/c1-3-15-29(16-4-1)43-35-23-9-7-19-33(35)41-37(43)25-27-13-11-21-31(39-27)32-22-12-14-28(40-32)26-38-42-34-20-8-10-24-36(34)44(38)30-17-5-2-6-18-30/h1-26,31,39,41-42H/b37-25+,38-26+. The van der Waals surface area contributed by atoms with Crippen LogP contribution in [0, 0.1) is 0 Å². The molecule has 0 aliphatic carbocycles. The Morgan fingerprint density at radius 3 is 1.77 bits per heavy atom. The smallest absolute Gasteiger partial charge is 0.117 e. The van der Waals surface area contributed by atoms with Crippen LogP contribution in [0.15, 0.2) is 169 Å². The van der Waals surface area contributed by atoms with E-state index in [2.05, 4.69) is 165 Å². The Morgan fingerprint density at radius 1 is 0.568 bits per heavy atom. The molecule has 1 unspecified atom stereocenters. The average Bonchev–Trinajstić information content (AvgIpc) is 3.63. The zero-order chi connectivity index (χ0) is 29.3. The molecule has 0 bridgehead atoms. The summed E-state index contributed by atoms with van der Waals surface area (Å²) in [5, 5.41) is 10.9. The quantitative estimate of drug-likeness (QED) is 0.196. The summed E-state index contributed by atoms with van der Waals surface area (Å²) in [5.74, 6) is 1.96. The molecule has 0 amide bonds. The number of hydrogen-bond acceptors (Lipinski definition) is 6. The molecule has 4 aromatic carbocycles. The Kier molecular flexibility index (Phi) is 6.42. The Hall–Kier alpha value is -6.01. The molecule has 1 atom stereocenters. The van der Waals surface area contributed by atoms with Crippen LogP contribution in [0.2, 0.25) is 0 Å². The van der Waals surface area contributed by atoms with Crippen molar-refractivity contribution >= 4 is 40.2 Å². The molecule has 8 rings (SSSR count). The van der Waals surface area contributed by atoms with Crippen molar-refractivity contribution in [1.29, 1.82) is 0 Å². The molecule has 3 aliphatic heterocycles. The van der Waals surface area contributed by atoms with E-state index in [1.807, 2.05) is 18.2 Å². The predicted octanol–water partition coefficient (Wildman–Crippen LogP) is 8.83. The van der Waals surface area contributed by atoms with Crippen LogP contribution in [-0.4, -0.2) is 4.98 Å². The van der Waals surface area contributed by atoms with Crippen LogP contribution in [0.1, 0.15) is 17.4 Å². The lowest BCUT2D eigenvalue weighted by molar-refractivity contribution is 0.695. The summed E-state index contributed by atoms with van der Waals surface area (Å²) in [5.41, 5.74) is 9.44. The fourth-order valence-corrected chi connectivity index (χ4v) is 5.93. The first-order valence-corrected chi connectivity index (χ1v) is 14.8. The van der Waals surface area contributed by atoms with Crippen LogP contribution in [-0.2, 0) is 0 Å². The summed E-state index contributed by atoms with van der Waals surface area (Å²) in [7, 11) is 0. The normalized spacial score (nSPS) is 18.4. The van der Waals surface area contributed by atoms with Gasteiger partial charge in [-0.25, -0.2) is 0 Å². The van der Waals surface area contributed by atoms with E-state index in [1.54, 1.807) is 0 Å². The maximum atomic E-state index is 5.08. The molecular formula is C38H30N6. The van der Waals surface area contributed by atoms with Crippen molar-refractivity contribution in [2.45, 2.75) is 6.04 Å². The van der Waals surface area contributed by atoms with E-state index in [0.717, 1.165) is 62.9 Å². The van der Waals surface area contributed by atoms with Crippen molar-refractivity contribution in [3.63, 3.8) is 0 Å². The topological polar surface area (TPSA) is 55.5 Å². The van der Waals surface area contributed by atoms with Crippen molar-refractivity contribution in [2.75, 3.05) is 20.4 Å². The van der Waals surface area contributed by atoms with Gasteiger partial charge in [0.25, 0.3) is 0 Å². The number of benzene rings is 4. The Balaban J connectivity index is 1.07. The number of nitrogens with zero attached hydrogens (tertiary/aromatic N) is 3. The van der Waals surface area contributed by atoms with Crippen molar-refractivity contribution in [3.05, 3.63) is 180 Å². The highest BCUT2D eigenvalue weighted by Crippen LogP contribution is 2.43. The maximum Gasteiger partial charge on any atom is 0.117 e. The van der Waals surface area contributed by atoms with Gasteiger partial charge in [0.05, 0.1) is 40.2 Å². The number of allylic oxidation sites excluding steroid dienone is 3. The minimum atomic E-state index is -0.0712. The second-order valence-corrected chi connectivity index (χ2v) is 10.8. The fourth-order valence-electron chi connectivity index (χ4n) is 5.93. The number of dihydropyridines is 1. The molecule has 1 aromatic heterocycles.